The predicted octanol–water partition coefficient (Wildman–Crippen LogP) is 3.77. The first-order valence-corrected chi connectivity index (χ1v) is 8.16. The van der Waals surface area contributed by atoms with Gasteiger partial charge in [0.15, 0.2) is 0 Å². The highest BCUT2D eigenvalue weighted by Gasteiger charge is 2.06. The van der Waals surface area contributed by atoms with Gasteiger partial charge >= 0.3 is 0 Å². The van der Waals surface area contributed by atoms with Gasteiger partial charge in [-0.3, -0.25) is 4.57 Å². The molecule has 0 unspecified atom stereocenters. The van der Waals surface area contributed by atoms with Crippen molar-refractivity contribution in [3.63, 3.8) is 0 Å². The van der Waals surface area contributed by atoms with Crippen LogP contribution < -0.4 is 5.32 Å². The van der Waals surface area contributed by atoms with E-state index in [-0.39, 0.29) is 0 Å². The van der Waals surface area contributed by atoms with E-state index in [1.807, 2.05) is 36.0 Å². The van der Waals surface area contributed by atoms with Crippen LogP contribution in [0.4, 0.5) is 5.69 Å². The van der Waals surface area contributed by atoms with E-state index in [4.69, 9.17) is 0 Å². The average molecular weight is 313 g/mol. The third-order valence-electron chi connectivity index (χ3n) is 3.36. The van der Waals surface area contributed by atoms with Crippen molar-refractivity contribution in [3.8, 4) is 5.82 Å². The number of hydrogen-bond acceptors (Lipinski definition) is 5. The van der Waals surface area contributed by atoms with Gasteiger partial charge in [0, 0.05) is 23.7 Å². The number of aryl methyl sites for hydroxylation is 1. The molecule has 1 N–H and O–H groups in total. The van der Waals surface area contributed by atoms with Crippen molar-refractivity contribution in [2.45, 2.75) is 33.2 Å². The lowest BCUT2D eigenvalue weighted by molar-refractivity contribution is 0.841. The lowest BCUT2D eigenvalue weighted by atomic mass is 10.2. The smallest absolute Gasteiger partial charge is 0.138 e. The lowest BCUT2D eigenvalue weighted by Gasteiger charge is -2.07. The predicted molar refractivity (Wildman–Crippen MR) is 89.6 cm³/mol. The fourth-order valence-corrected chi connectivity index (χ4v) is 2.95. The topological polar surface area (TPSA) is 55.6 Å². The molecular formula is C16H19N5S. The molecule has 0 bridgehead atoms. The van der Waals surface area contributed by atoms with E-state index in [0.717, 1.165) is 23.0 Å². The molecule has 5 nitrogen and oxygen atoms in total. The minimum absolute atomic E-state index is 0.484. The highest BCUT2D eigenvalue weighted by molar-refractivity contribution is 7.09. The summed E-state index contributed by atoms with van der Waals surface area (Å²) in [5.41, 5.74) is 2.06. The van der Waals surface area contributed by atoms with E-state index in [2.05, 4.69) is 39.5 Å². The molecule has 0 fully saturated rings. The van der Waals surface area contributed by atoms with E-state index in [1.165, 1.54) is 5.01 Å². The molecule has 0 aliphatic rings. The first-order chi connectivity index (χ1) is 10.6. The molecule has 0 saturated carbocycles. The van der Waals surface area contributed by atoms with E-state index in [1.54, 1.807) is 17.5 Å². The summed E-state index contributed by atoms with van der Waals surface area (Å²) in [4.78, 5) is 13.3. The molecule has 0 amide bonds. The van der Waals surface area contributed by atoms with Crippen LogP contribution in [0.25, 0.3) is 5.82 Å². The molecule has 3 aromatic heterocycles. The number of nitrogens with zero attached hydrogens (tertiary/aromatic N) is 4. The largest absolute Gasteiger partial charge is 0.378 e. The number of aromatic nitrogens is 4. The van der Waals surface area contributed by atoms with Crippen LogP contribution in [0.5, 0.6) is 0 Å². The van der Waals surface area contributed by atoms with Gasteiger partial charge in [-0.2, -0.15) is 0 Å². The molecule has 0 atom stereocenters. The summed E-state index contributed by atoms with van der Waals surface area (Å²) in [5.74, 6) is 2.28. The van der Waals surface area contributed by atoms with E-state index in [0.29, 0.717) is 12.5 Å². The van der Waals surface area contributed by atoms with Gasteiger partial charge in [0.25, 0.3) is 0 Å². The fourth-order valence-electron chi connectivity index (χ4n) is 2.11. The van der Waals surface area contributed by atoms with E-state index in [9.17, 15) is 0 Å². The van der Waals surface area contributed by atoms with Crippen LogP contribution in [0, 0.1) is 6.92 Å². The Morgan fingerprint density at radius 1 is 1.27 bits per heavy atom. The Labute approximate surface area is 134 Å². The van der Waals surface area contributed by atoms with Gasteiger partial charge in [-0.05, 0) is 19.1 Å². The minimum atomic E-state index is 0.484. The highest BCUT2D eigenvalue weighted by Crippen LogP contribution is 2.20. The van der Waals surface area contributed by atoms with Crippen LogP contribution >= 0.6 is 11.3 Å². The zero-order valence-electron chi connectivity index (χ0n) is 12.9. The third kappa shape index (κ3) is 3.17. The molecule has 0 radical (unpaired) electrons. The Kier molecular flexibility index (Phi) is 4.20. The molecule has 0 saturated heterocycles. The van der Waals surface area contributed by atoms with Crippen molar-refractivity contribution in [2.75, 3.05) is 5.32 Å². The van der Waals surface area contributed by atoms with Crippen LogP contribution in [-0.2, 0) is 6.54 Å². The number of thiazole rings is 1. The molecule has 3 rings (SSSR count). The Morgan fingerprint density at radius 2 is 2.14 bits per heavy atom. The van der Waals surface area contributed by atoms with Crippen molar-refractivity contribution in [3.05, 3.63) is 52.6 Å². The summed E-state index contributed by atoms with van der Waals surface area (Å²) in [6.45, 7) is 7.00. The summed E-state index contributed by atoms with van der Waals surface area (Å²) in [6.07, 6.45) is 5.52. The summed E-state index contributed by atoms with van der Waals surface area (Å²) in [6, 6.07) is 4.01. The Hall–Kier alpha value is -2.21. The van der Waals surface area contributed by atoms with Crippen LogP contribution in [-0.4, -0.2) is 19.5 Å². The average Bonchev–Trinajstić information content (AvgIpc) is 3.15. The van der Waals surface area contributed by atoms with Gasteiger partial charge in [-0.1, -0.05) is 13.8 Å². The third-order valence-corrected chi connectivity index (χ3v) is 4.55. The Balaban J connectivity index is 1.65. The zero-order valence-corrected chi connectivity index (χ0v) is 13.8. The fraction of sp³-hybridized carbons (Fsp3) is 0.312. The number of anilines is 1. The van der Waals surface area contributed by atoms with Crippen LogP contribution in [0.2, 0.25) is 0 Å². The van der Waals surface area contributed by atoms with Crippen LogP contribution in [0.1, 0.15) is 36.3 Å². The van der Waals surface area contributed by atoms with Crippen molar-refractivity contribution < 1.29 is 0 Å². The van der Waals surface area contributed by atoms with Gasteiger partial charge in [0.05, 0.1) is 29.1 Å². The first kappa shape index (κ1) is 14.7. The maximum absolute atomic E-state index is 4.62. The van der Waals surface area contributed by atoms with Gasteiger partial charge in [0.1, 0.15) is 11.6 Å². The standard InChI is InChI=1S/C16H19N5S/c1-11(2)16-20-14(10-22-16)9-18-13-4-5-15(19-8-13)21-7-6-17-12(21)3/h4-8,10-11,18H,9H2,1-3H3. The van der Waals surface area contributed by atoms with E-state index < -0.39 is 0 Å². The molecule has 0 spiro atoms. The summed E-state index contributed by atoms with van der Waals surface area (Å²) in [5, 5.41) is 6.65. The molecule has 3 heterocycles. The summed E-state index contributed by atoms with van der Waals surface area (Å²) >= 11 is 1.72. The second-order valence-electron chi connectivity index (χ2n) is 5.43. The molecule has 22 heavy (non-hydrogen) atoms. The lowest BCUT2D eigenvalue weighted by Crippen LogP contribution is -2.03. The second-order valence-corrected chi connectivity index (χ2v) is 6.32. The van der Waals surface area contributed by atoms with Gasteiger partial charge in [-0.15, -0.1) is 11.3 Å². The van der Waals surface area contributed by atoms with Crippen molar-refractivity contribution in [1.82, 2.24) is 19.5 Å². The van der Waals surface area contributed by atoms with Crippen molar-refractivity contribution in [2.24, 2.45) is 0 Å². The Bertz CT molecular complexity index is 742. The van der Waals surface area contributed by atoms with Gasteiger partial charge < -0.3 is 5.32 Å². The normalized spacial score (nSPS) is 11.1. The van der Waals surface area contributed by atoms with Crippen LogP contribution in [0.15, 0.2) is 36.1 Å². The van der Waals surface area contributed by atoms with Crippen LogP contribution in [0.3, 0.4) is 0 Å². The summed E-state index contributed by atoms with van der Waals surface area (Å²) in [7, 11) is 0. The maximum Gasteiger partial charge on any atom is 0.138 e. The molecule has 0 aliphatic carbocycles. The highest BCUT2D eigenvalue weighted by atomic mass is 32.1. The molecule has 114 valence electrons. The Morgan fingerprint density at radius 3 is 2.73 bits per heavy atom. The number of imidazole rings is 1. The number of pyridine rings is 1. The first-order valence-electron chi connectivity index (χ1n) is 7.28. The molecule has 0 aromatic carbocycles. The van der Waals surface area contributed by atoms with Crippen molar-refractivity contribution >= 4 is 17.0 Å². The quantitative estimate of drug-likeness (QED) is 0.779. The van der Waals surface area contributed by atoms with E-state index >= 15 is 0 Å². The van der Waals surface area contributed by atoms with Gasteiger partial charge in [-0.25, -0.2) is 15.0 Å². The number of nitrogens with one attached hydrogen (secondary N) is 1. The number of rotatable bonds is 5. The molecule has 3 aromatic rings. The minimum Gasteiger partial charge on any atom is -0.378 e. The summed E-state index contributed by atoms with van der Waals surface area (Å²) < 4.78 is 1.96. The maximum atomic E-state index is 4.62. The monoisotopic (exact) mass is 313 g/mol. The zero-order chi connectivity index (χ0) is 15.5. The van der Waals surface area contributed by atoms with Crippen molar-refractivity contribution in [1.29, 1.82) is 0 Å². The molecule has 0 aliphatic heterocycles. The molecule has 6 heteroatoms. The number of hydrogen-bond donors (Lipinski definition) is 1. The molecular weight excluding hydrogens is 294 g/mol. The van der Waals surface area contributed by atoms with Gasteiger partial charge in [0.2, 0.25) is 0 Å². The SMILES string of the molecule is Cc1nccn1-c1ccc(NCc2csc(C(C)C)n2)cn1. The second kappa shape index (κ2) is 6.27.